The van der Waals surface area contributed by atoms with E-state index in [9.17, 15) is 4.79 Å². The molecule has 1 amide bonds. The number of nitrogens with zero attached hydrogens (tertiary/aromatic N) is 2. The molecule has 3 aromatic carbocycles. The zero-order valence-electron chi connectivity index (χ0n) is 19.2. The Balaban J connectivity index is 1.80. The third-order valence-electron chi connectivity index (χ3n) is 5.28. The van der Waals surface area contributed by atoms with Crippen molar-refractivity contribution in [2.24, 2.45) is 4.99 Å². The number of aliphatic imine (C=N–C) groups is 1. The van der Waals surface area contributed by atoms with Gasteiger partial charge in [-0.2, -0.15) is 0 Å². The Morgan fingerprint density at radius 2 is 1.70 bits per heavy atom. The number of amidine groups is 1. The van der Waals surface area contributed by atoms with Crippen molar-refractivity contribution in [2.45, 2.75) is 13.8 Å². The van der Waals surface area contributed by atoms with E-state index in [0.29, 0.717) is 35.3 Å². The Bertz CT molecular complexity index is 1230. The predicted octanol–water partition coefficient (Wildman–Crippen LogP) is 5.25. The summed E-state index contributed by atoms with van der Waals surface area (Å²) >= 11 is 0. The molecule has 0 fully saturated rings. The standard InChI is InChI=1S/C27H26N2O4/c1-5-33-22-13-10-21(11-14-22)29-26(20-8-6-7-18(2)15-20)28-24(27(29)30)16-19-9-12-23(31-3)17-25(19)32-4/h6-17H,5H2,1-4H3/b24-16+. The molecule has 33 heavy (non-hydrogen) atoms. The molecule has 0 bridgehead atoms. The van der Waals surface area contributed by atoms with E-state index in [-0.39, 0.29) is 5.91 Å². The third-order valence-corrected chi connectivity index (χ3v) is 5.28. The Kier molecular flexibility index (Phi) is 6.45. The molecule has 0 N–H and O–H groups in total. The summed E-state index contributed by atoms with van der Waals surface area (Å²) in [7, 11) is 3.18. The van der Waals surface area contributed by atoms with Crippen LogP contribution in [0.25, 0.3) is 6.08 Å². The number of rotatable bonds is 7. The minimum absolute atomic E-state index is 0.214. The summed E-state index contributed by atoms with van der Waals surface area (Å²) in [4.78, 5) is 19.9. The normalized spacial score (nSPS) is 14.4. The summed E-state index contributed by atoms with van der Waals surface area (Å²) in [6.07, 6.45) is 1.74. The fourth-order valence-electron chi connectivity index (χ4n) is 3.68. The molecule has 0 aromatic heterocycles. The van der Waals surface area contributed by atoms with Crippen molar-refractivity contribution in [3.8, 4) is 17.2 Å². The highest BCUT2D eigenvalue weighted by atomic mass is 16.5. The van der Waals surface area contributed by atoms with Gasteiger partial charge in [-0.15, -0.1) is 0 Å². The summed E-state index contributed by atoms with van der Waals surface area (Å²) in [6, 6.07) is 20.8. The molecule has 4 rings (SSSR count). The van der Waals surface area contributed by atoms with Crippen LogP contribution in [-0.2, 0) is 4.79 Å². The summed E-state index contributed by atoms with van der Waals surface area (Å²) < 4.78 is 16.3. The lowest BCUT2D eigenvalue weighted by Gasteiger charge is -2.19. The summed E-state index contributed by atoms with van der Waals surface area (Å²) in [6.45, 7) is 4.53. The highest BCUT2D eigenvalue weighted by Gasteiger charge is 2.32. The van der Waals surface area contributed by atoms with Gasteiger partial charge in [0.15, 0.2) is 0 Å². The van der Waals surface area contributed by atoms with Crippen molar-refractivity contribution in [3.63, 3.8) is 0 Å². The largest absolute Gasteiger partial charge is 0.497 e. The first-order valence-corrected chi connectivity index (χ1v) is 10.7. The van der Waals surface area contributed by atoms with Crippen LogP contribution in [0.5, 0.6) is 17.2 Å². The number of aryl methyl sites for hydroxylation is 1. The number of amides is 1. The van der Waals surface area contributed by atoms with Crippen LogP contribution in [0, 0.1) is 6.92 Å². The molecule has 0 unspecified atom stereocenters. The average Bonchev–Trinajstić information content (AvgIpc) is 3.16. The van der Waals surface area contributed by atoms with Gasteiger partial charge in [-0.25, -0.2) is 4.99 Å². The Labute approximate surface area is 193 Å². The molecule has 3 aromatic rings. The van der Waals surface area contributed by atoms with Gasteiger partial charge in [0, 0.05) is 17.2 Å². The second-order valence-electron chi connectivity index (χ2n) is 7.51. The molecule has 1 aliphatic heterocycles. The molecule has 168 valence electrons. The predicted molar refractivity (Wildman–Crippen MR) is 130 cm³/mol. The number of hydrogen-bond acceptors (Lipinski definition) is 5. The maximum absolute atomic E-state index is 13.6. The number of anilines is 1. The Hall–Kier alpha value is -4.06. The van der Waals surface area contributed by atoms with E-state index in [2.05, 4.69) is 0 Å². The van der Waals surface area contributed by atoms with Gasteiger partial charge >= 0.3 is 0 Å². The number of benzene rings is 3. The minimum atomic E-state index is -0.214. The fraction of sp³-hybridized carbons (Fsp3) is 0.185. The summed E-state index contributed by atoms with van der Waals surface area (Å²) in [5.74, 6) is 2.38. The molecule has 1 heterocycles. The second-order valence-corrected chi connectivity index (χ2v) is 7.51. The van der Waals surface area contributed by atoms with Gasteiger partial charge in [0.05, 0.1) is 26.5 Å². The first-order valence-electron chi connectivity index (χ1n) is 10.7. The van der Waals surface area contributed by atoms with Crippen LogP contribution in [0.1, 0.15) is 23.6 Å². The van der Waals surface area contributed by atoms with E-state index in [0.717, 1.165) is 22.4 Å². The zero-order chi connectivity index (χ0) is 23.4. The molecule has 0 radical (unpaired) electrons. The first kappa shape index (κ1) is 22.1. The molecule has 0 atom stereocenters. The van der Waals surface area contributed by atoms with Gasteiger partial charge in [0.1, 0.15) is 28.8 Å². The second kappa shape index (κ2) is 9.61. The molecule has 0 spiro atoms. The van der Waals surface area contributed by atoms with Crippen LogP contribution in [0.3, 0.4) is 0 Å². The van der Waals surface area contributed by atoms with Crippen molar-refractivity contribution in [2.75, 3.05) is 25.7 Å². The van der Waals surface area contributed by atoms with Crippen molar-refractivity contribution in [1.29, 1.82) is 0 Å². The van der Waals surface area contributed by atoms with E-state index in [4.69, 9.17) is 19.2 Å². The molecule has 1 aliphatic rings. The number of ether oxygens (including phenoxy) is 3. The van der Waals surface area contributed by atoms with E-state index in [1.165, 1.54) is 0 Å². The fourth-order valence-corrected chi connectivity index (χ4v) is 3.68. The maximum atomic E-state index is 13.6. The van der Waals surface area contributed by atoms with E-state index in [1.54, 1.807) is 31.3 Å². The van der Waals surface area contributed by atoms with Crippen molar-refractivity contribution in [3.05, 3.63) is 89.1 Å². The quantitative estimate of drug-likeness (QED) is 0.469. The average molecular weight is 443 g/mol. The number of methoxy groups -OCH3 is 2. The minimum Gasteiger partial charge on any atom is -0.497 e. The van der Waals surface area contributed by atoms with Crippen LogP contribution in [0.15, 0.2) is 77.4 Å². The topological polar surface area (TPSA) is 60.4 Å². The van der Waals surface area contributed by atoms with E-state index >= 15 is 0 Å². The number of carbonyl (C=O) groups is 1. The SMILES string of the molecule is CCOc1ccc(N2C(=O)/C(=C\c3ccc(OC)cc3OC)N=C2c2cccc(C)c2)cc1. The van der Waals surface area contributed by atoms with Gasteiger partial charge < -0.3 is 14.2 Å². The van der Waals surface area contributed by atoms with Crippen molar-refractivity contribution in [1.82, 2.24) is 0 Å². The van der Waals surface area contributed by atoms with Gasteiger partial charge in [-0.3, -0.25) is 9.69 Å². The lowest BCUT2D eigenvalue weighted by atomic mass is 10.1. The summed E-state index contributed by atoms with van der Waals surface area (Å²) in [5, 5.41) is 0. The first-order chi connectivity index (χ1) is 16.0. The van der Waals surface area contributed by atoms with Gasteiger partial charge in [-0.05, 0) is 62.4 Å². The van der Waals surface area contributed by atoms with E-state index in [1.807, 2.05) is 74.5 Å². The van der Waals surface area contributed by atoms with Crippen LogP contribution in [-0.4, -0.2) is 32.6 Å². The van der Waals surface area contributed by atoms with Crippen molar-refractivity contribution >= 4 is 23.5 Å². The molecular formula is C27H26N2O4. The molecular weight excluding hydrogens is 416 g/mol. The number of hydrogen-bond donors (Lipinski definition) is 0. The highest BCUT2D eigenvalue weighted by molar-refractivity contribution is 6.33. The third kappa shape index (κ3) is 4.60. The lowest BCUT2D eigenvalue weighted by molar-refractivity contribution is -0.113. The van der Waals surface area contributed by atoms with Crippen LogP contribution in [0.4, 0.5) is 5.69 Å². The van der Waals surface area contributed by atoms with Crippen LogP contribution in [0.2, 0.25) is 0 Å². The molecule has 0 saturated carbocycles. The van der Waals surface area contributed by atoms with Gasteiger partial charge in [0.25, 0.3) is 5.91 Å². The zero-order valence-corrected chi connectivity index (χ0v) is 19.2. The van der Waals surface area contributed by atoms with E-state index < -0.39 is 0 Å². The highest BCUT2D eigenvalue weighted by Crippen LogP contribution is 2.32. The van der Waals surface area contributed by atoms with Gasteiger partial charge in [-0.1, -0.05) is 23.8 Å². The smallest absolute Gasteiger partial charge is 0.282 e. The van der Waals surface area contributed by atoms with Crippen LogP contribution >= 0.6 is 0 Å². The van der Waals surface area contributed by atoms with Crippen molar-refractivity contribution < 1.29 is 19.0 Å². The lowest BCUT2D eigenvalue weighted by Crippen LogP contribution is -2.32. The van der Waals surface area contributed by atoms with Gasteiger partial charge in [0.2, 0.25) is 0 Å². The molecule has 6 heteroatoms. The monoisotopic (exact) mass is 442 g/mol. The number of carbonyl (C=O) groups excluding carboxylic acids is 1. The Morgan fingerprint density at radius 1 is 0.939 bits per heavy atom. The molecule has 0 saturated heterocycles. The van der Waals surface area contributed by atoms with Crippen LogP contribution < -0.4 is 19.1 Å². The summed E-state index contributed by atoms with van der Waals surface area (Å²) in [5.41, 5.74) is 3.73. The Morgan fingerprint density at radius 3 is 2.36 bits per heavy atom. The maximum Gasteiger partial charge on any atom is 0.282 e. The molecule has 6 nitrogen and oxygen atoms in total. The molecule has 0 aliphatic carbocycles.